The number of likely N-dealkylation sites (tertiary alicyclic amines) is 1. The van der Waals surface area contributed by atoms with Gasteiger partial charge in [0.15, 0.2) is 0 Å². The van der Waals surface area contributed by atoms with E-state index in [-0.39, 0.29) is 0 Å². The molecule has 0 radical (unpaired) electrons. The number of thiazole rings is 1. The molecule has 122 valence electrons. The van der Waals surface area contributed by atoms with Crippen molar-refractivity contribution in [1.29, 1.82) is 0 Å². The van der Waals surface area contributed by atoms with Gasteiger partial charge in [-0.3, -0.25) is 4.79 Å². The van der Waals surface area contributed by atoms with Crippen molar-refractivity contribution in [3.8, 4) is 0 Å². The summed E-state index contributed by atoms with van der Waals surface area (Å²) in [6.45, 7) is 8.72. The van der Waals surface area contributed by atoms with Crippen LogP contribution in [0.15, 0.2) is 5.38 Å². The number of aromatic nitrogens is 1. The van der Waals surface area contributed by atoms with Crippen LogP contribution < -0.4 is 5.32 Å². The lowest BCUT2D eigenvalue weighted by Gasteiger charge is -2.33. The van der Waals surface area contributed by atoms with Crippen LogP contribution >= 0.6 is 11.3 Å². The van der Waals surface area contributed by atoms with Gasteiger partial charge >= 0.3 is 0 Å². The second-order valence-electron chi connectivity index (χ2n) is 6.35. The number of hydrogen-bond donors (Lipinski definition) is 1. The smallest absolute Gasteiger partial charge is 0.223 e. The summed E-state index contributed by atoms with van der Waals surface area (Å²) >= 11 is 1.79. The third-order valence-electron chi connectivity index (χ3n) is 4.60. The average Bonchev–Trinajstić information content (AvgIpc) is 3.00. The minimum absolute atomic E-state index is 0.314. The maximum atomic E-state index is 12.3. The number of piperidine rings is 1. The average molecular weight is 322 g/mol. The van der Waals surface area contributed by atoms with Crippen molar-refractivity contribution < 1.29 is 4.79 Å². The molecule has 5 nitrogen and oxygen atoms in total. The van der Waals surface area contributed by atoms with Crippen LogP contribution in [-0.2, 0) is 4.79 Å². The first-order valence-electron chi connectivity index (χ1n) is 8.35. The first-order valence-corrected chi connectivity index (χ1v) is 9.23. The van der Waals surface area contributed by atoms with E-state index in [1.165, 1.54) is 17.8 Å². The Hall–Kier alpha value is -0.980. The molecular formula is C16H26N4OS. The molecule has 22 heavy (non-hydrogen) atoms. The van der Waals surface area contributed by atoms with Crippen molar-refractivity contribution in [1.82, 2.24) is 20.1 Å². The minimum Gasteiger partial charge on any atom is -0.340 e. The molecule has 1 aromatic heterocycles. The lowest BCUT2D eigenvalue weighted by atomic mass is 9.98. The Morgan fingerprint density at radius 1 is 1.41 bits per heavy atom. The number of nitrogens with zero attached hydrogens (tertiary/aromatic N) is 3. The third-order valence-corrected chi connectivity index (χ3v) is 5.73. The summed E-state index contributed by atoms with van der Waals surface area (Å²) in [6.07, 6.45) is 3.10. The molecule has 1 atom stereocenters. The Morgan fingerprint density at radius 3 is 2.95 bits per heavy atom. The molecule has 3 heterocycles. The molecule has 1 unspecified atom stereocenters. The molecule has 0 bridgehead atoms. The molecule has 1 amide bonds. The van der Waals surface area contributed by atoms with Crippen molar-refractivity contribution in [3.63, 3.8) is 0 Å². The zero-order valence-electron chi connectivity index (χ0n) is 13.4. The monoisotopic (exact) mass is 322 g/mol. The summed E-state index contributed by atoms with van der Waals surface area (Å²) in [6, 6.07) is 0. The maximum Gasteiger partial charge on any atom is 0.223 e. The molecular weight excluding hydrogens is 296 g/mol. The number of hydrogen-bond acceptors (Lipinski definition) is 5. The molecule has 3 rings (SSSR count). The Kier molecular flexibility index (Phi) is 5.44. The minimum atomic E-state index is 0.314. The van der Waals surface area contributed by atoms with E-state index in [0.29, 0.717) is 18.2 Å². The van der Waals surface area contributed by atoms with E-state index in [1.807, 2.05) is 4.90 Å². The maximum absolute atomic E-state index is 12.3. The Morgan fingerprint density at radius 2 is 2.23 bits per heavy atom. The number of piperazine rings is 1. The van der Waals surface area contributed by atoms with Crippen LogP contribution in [0.2, 0.25) is 0 Å². The van der Waals surface area contributed by atoms with Crippen LogP contribution in [0.1, 0.15) is 35.9 Å². The van der Waals surface area contributed by atoms with E-state index in [2.05, 4.69) is 27.5 Å². The van der Waals surface area contributed by atoms with Crippen LogP contribution in [-0.4, -0.2) is 66.5 Å². The largest absolute Gasteiger partial charge is 0.340 e. The topological polar surface area (TPSA) is 48.5 Å². The van der Waals surface area contributed by atoms with Crippen LogP contribution in [0.4, 0.5) is 0 Å². The number of aryl methyl sites for hydroxylation is 1. The van der Waals surface area contributed by atoms with Gasteiger partial charge in [-0.25, -0.2) is 4.98 Å². The highest BCUT2D eigenvalue weighted by Crippen LogP contribution is 2.29. The molecule has 2 aliphatic rings. The van der Waals surface area contributed by atoms with Gasteiger partial charge in [0.1, 0.15) is 0 Å². The van der Waals surface area contributed by atoms with Gasteiger partial charge < -0.3 is 15.1 Å². The number of nitrogens with one attached hydrogen (secondary N) is 1. The molecule has 1 N–H and O–H groups in total. The van der Waals surface area contributed by atoms with Crippen molar-refractivity contribution in [2.24, 2.45) is 0 Å². The summed E-state index contributed by atoms with van der Waals surface area (Å²) in [5.41, 5.74) is 1.13. The summed E-state index contributed by atoms with van der Waals surface area (Å²) in [5, 5.41) is 6.71. The number of carbonyl (C=O) groups excluding carboxylic acids is 1. The number of carbonyl (C=O) groups is 1. The second-order valence-corrected chi connectivity index (χ2v) is 7.24. The van der Waals surface area contributed by atoms with E-state index in [9.17, 15) is 4.79 Å². The molecule has 0 aliphatic carbocycles. The first-order chi connectivity index (χ1) is 10.7. The zero-order chi connectivity index (χ0) is 15.4. The fourth-order valence-corrected chi connectivity index (χ4v) is 4.27. The Balaban J connectivity index is 1.47. The van der Waals surface area contributed by atoms with E-state index in [1.54, 1.807) is 11.3 Å². The van der Waals surface area contributed by atoms with Crippen LogP contribution in [0.5, 0.6) is 0 Å². The van der Waals surface area contributed by atoms with E-state index >= 15 is 0 Å². The van der Waals surface area contributed by atoms with Gasteiger partial charge in [0.25, 0.3) is 0 Å². The first kappa shape index (κ1) is 15.9. The van der Waals surface area contributed by atoms with Crippen LogP contribution in [0.3, 0.4) is 0 Å². The molecule has 0 saturated carbocycles. The quantitative estimate of drug-likeness (QED) is 0.912. The number of rotatable bonds is 4. The summed E-state index contributed by atoms with van der Waals surface area (Å²) in [4.78, 5) is 21.4. The van der Waals surface area contributed by atoms with Crippen LogP contribution in [0.25, 0.3) is 0 Å². The van der Waals surface area contributed by atoms with Crippen molar-refractivity contribution in [2.45, 2.75) is 32.1 Å². The predicted molar refractivity (Wildman–Crippen MR) is 89.3 cm³/mol. The summed E-state index contributed by atoms with van der Waals surface area (Å²) in [5.74, 6) is 0.871. The van der Waals surface area contributed by atoms with E-state index < -0.39 is 0 Å². The van der Waals surface area contributed by atoms with E-state index in [4.69, 9.17) is 0 Å². The predicted octanol–water partition coefficient (Wildman–Crippen LogP) is 1.45. The van der Waals surface area contributed by atoms with E-state index in [0.717, 1.165) is 51.5 Å². The molecule has 2 aliphatic heterocycles. The lowest BCUT2D eigenvalue weighted by Crippen LogP contribution is -2.47. The van der Waals surface area contributed by atoms with Crippen LogP contribution in [0, 0.1) is 6.92 Å². The fourth-order valence-electron chi connectivity index (χ4n) is 3.35. The standard InChI is InChI=1S/C16H26N4OS/c1-13-12-22-16(18-13)14-3-2-7-19(11-14)8-4-15(21)20-9-5-17-6-10-20/h12,14,17H,2-11H2,1H3. The molecule has 6 heteroatoms. The van der Waals surface area contributed by atoms with Crippen molar-refractivity contribution >= 4 is 17.2 Å². The SMILES string of the molecule is Cc1csc(C2CCCN(CCC(=O)N3CCNCC3)C2)n1. The van der Waals surface area contributed by atoms with Gasteiger partial charge in [0.05, 0.1) is 5.01 Å². The molecule has 0 spiro atoms. The highest BCUT2D eigenvalue weighted by molar-refractivity contribution is 7.09. The number of amides is 1. The molecule has 1 aromatic rings. The molecule has 2 saturated heterocycles. The van der Waals surface area contributed by atoms with Gasteiger partial charge in [-0.2, -0.15) is 0 Å². The third kappa shape index (κ3) is 4.06. The highest BCUT2D eigenvalue weighted by atomic mass is 32.1. The fraction of sp³-hybridized carbons (Fsp3) is 0.750. The molecule has 0 aromatic carbocycles. The summed E-state index contributed by atoms with van der Waals surface area (Å²) < 4.78 is 0. The highest BCUT2D eigenvalue weighted by Gasteiger charge is 2.24. The van der Waals surface area contributed by atoms with Gasteiger partial charge in [-0.05, 0) is 26.3 Å². The molecule has 2 fully saturated rings. The Labute approximate surface area is 136 Å². The normalized spacial score (nSPS) is 23.7. The van der Waals surface area contributed by atoms with Gasteiger partial charge in [0.2, 0.25) is 5.91 Å². The van der Waals surface area contributed by atoms with Crippen molar-refractivity contribution in [3.05, 3.63) is 16.1 Å². The van der Waals surface area contributed by atoms with Gasteiger partial charge in [0, 0.05) is 62.7 Å². The lowest BCUT2D eigenvalue weighted by molar-refractivity contribution is -0.132. The Bertz CT molecular complexity index is 498. The van der Waals surface area contributed by atoms with Gasteiger partial charge in [-0.1, -0.05) is 0 Å². The summed E-state index contributed by atoms with van der Waals surface area (Å²) in [7, 11) is 0. The second kappa shape index (κ2) is 7.53. The van der Waals surface area contributed by atoms with Crippen molar-refractivity contribution in [2.75, 3.05) is 45.8 Å². The van der Waals surface area contributed by atoms with Gasteiger partial charge in [-0.15, -0.1) is 11.3 Å². The zero-order valence-corrected chi connectivity index (χ0v) is 14.2.